The quantitative estimate of drug-likeness (QED) is 0.278. The smallest absolute Gasteiger partial charge is 0.234 e. The van der Waals surface area contributed by atoms with Gasteiger partial charge in [0.1, 0.15) is 17.2 Å². The summed E-state index contributed by atoms with van der Waals surface area (Å²) in [4.78, 5) is 12.4. The molecule has 0 saturated heterocycles. The minimum Gasteiger partial charge on any atom is -0.494 e. The monoisotopic (exact) mass is 461 g/mol. The zero-order valence-electron chi connectivity index (χ0n) is 18.0. The number of carbonyl (C=O) groups is 1. The molecule has 0 bridgehead atoms. The average molecular weight is 462 g/mol. The summed E-state index contributed by atoms with van der Waals surface area (Å²) in [5.41, 5.74) is 1.48. The van der Waals surface area contributed by atoms with Crippen LogP contribution in [0.1, 0.15) is 6.92 Å². The number of carbonyl (C=O) groups excluding carboxylic acids is 1. The zero-order chi connectivity index (χ0) is 23.0. The Morgan fingerprint density at radius 3 is 2.30 bits per heavy atom. The molecule has 1 heterocycles. The van der Waals surface area contributed by atoms with Crippen LogP contribution in [0.5, 0.6) is 17.2 Å². The van der Waals surface area contributed by atoms with Gasteiger partial charge in [-0.25, -0.2) is 4.68 Å². The van der Waals surface area contributed by atoms with Gasteiger partial charge in [0.2, 0.25) is 11.1 Å². The summed E-state index contributed by atoms with van der Waals surface area (Å²) in [6.07, 6.45) is 0. The van der Waals surface area contributed by atoms with E-state index in [9.17, 15) is 4.79 Å². The Balaban J connectivity index is 1.31. The summed E-state index contributed by atoms with van der Waals surface area (Å²) in [5, 5.41) is 11.5. The maximum atomic E-state index is 12.4. The molecule has 0 aliphatic heterocycles. The number of para-hydroxylation sites is 1. The second-order valence-electron chi connectivity index (χ2n) is 6.91. The number of nitrogens with two attached hydrogens (primary N) is 1. The Morgan fingerprint density at radius 2 is 1.61 bits per heavy atom. The van der Waals surface area contributed by atoms with Crippen LogP contribution >= 0.6 is 11.8 Å². The molecule has 8 nitrogen and oxygen atoms in total. The van der Waals surface area contributed by atoms with Crippen molar-refractivity contribution in [3.63, 3.8) is 0 Å². The van der Waals surface area contributed by atoms with Crippen LogP contribution < -0.4 is 20.6 Å². The molecule has 1 aromatic heterocycles. The van der Waals surface area contributed by atoms with Crippen molar-refractivity contribution >= 4 is 23.4 Å². The highest BCUT2D eigenvalue weighted by Crippen LogP contribution is 2.25. The van der Waals surface area contributed by atoms with E-state index in [0.717, 1.165) is 17.1 Å². The fourth-order valence-corrected chi connectivity index (χ4v) is 3.65. The van der Waals surface area contributed by atoms with Crippen molar-refractivity contribution in [2.45, 2.75) is 12.1 Å². The van der Waals surface area contributed by atoms with Crippen molar-refractivity contribution < 1.29 is 14.3 Å². The summed E-state index contributed by atoms with van der Waals surface area (Å²) in [6, 6.07) is 24.1. The van der Waals surface area contributed by atoms with Gasteiger partial charge in [0, 0.05) is 11.3 Å². The average Bonchev–Trinajstić information content (AvgIpc) is 3.20. The van der Waals surface area contributed by atoms with Crippen molar-refractivity contribution in [2.24, 2.45) is 0 Å². The first-order valence-corrected chi connectivity index (χ1v) is 11.3. The standard InChI is InChI=1S/C24H23N5O3S/c1-2-31-19-12-8-17(9-13-19)23-27-28-24(29(23)25)33-16-22(30)26-18-10-14-21(15-11-18)32-20-6-4-3-5-7-20/h3-15H,2,16,25H2,1H3,(H,26,30). The second-order valence-corrected chi connectivity index (χ2v) is 7.85. The lowest BCUT2D eigenvalue weighted by Gasteiger charge is -2.08. The Hall–Kier alpha value is -3.98. The lowest BCUT2D eigenvalue weighted by molar-refractivity contribution is -0.113. The number of benzene rings is 3. The molecule has 0 aliphatic rings. The number of nitrogens with one attached hydrogen (secondary N) is 1. The van der Waals surface area contributed by atoms with Crippen molar-refractivity contribution in [2.75, 3.05) is 23.5 Å². The molecule has 0 atom stereocenters. The van der Waals surface area contributed by atoms with E-state index in [2.05, 4.69) is 15.5 Å². The maximum absolute atomic E-state index is 12.4. The van der Waals surface area contributed by atoms with Crippen molar-refractivity contribution in [3.8, 4) is 28.6 Å². The van der Waals surface area contributed by atoms with Crippen molar-refractivity contribution in [3.05, 3.63) is 78.9 Å². The first-order valence-electron chi connectivity index (χ1n) is 10.3. The predicted molar refractivity (Wildman–Crippen MR) is 129 cm³/mol. The number of anilines is 1. The third-order valence-electron chi connectivity index (χ3n) is 4.54. The van der Waals surface area contributed by atoms with Crippen LogP contribution in [0.25, 0.3) is 11.4 Å². The molecule has 9 heteroatoms. The predicted octanol–water partition coefficient (Wildman–Crippen LogP) is 4.58. The van der Waals surface area contributed by atoms with Crippen molar-refractivity contribution in [1.82, 2.24) is 14.9 Å². The molecule has 0 unspecified atom stereocenters. The van der Waals surface area contributed by atoms with E-state index in [4.69, 9.17) is 15.3 Å². The summed E-state index contributed by atoms with van der Waals surface area (Å²) in [7, 11) is 0. The number of ether oxygens (including phenoxy) is 2. The first-order chi connectivity index (χ1) is 16.1. The van der Waals surface area contributed by atoms with Crippen LogP contribution in [0.2, 0.25) is 0 Å². The van der Waals surface area contributed by atoms with Crippen LogP contribution in [-0.4, -0.2) is 33.1 Å². The van der Waals surface area contributed by atoms with E-state index >= 15 is 0 Å². The number of hydrogen-bond donors (Lipinski definition) is 2. The molecular weight excluding hydrogens is 438 g/mol. The third kappa shape index (κ3) is 5.83. The van der Waals surface area contributed by atoms with E-state index in [-0.39, 0.29) is 11.7 Å². The van der Waals surface area contributed by atoms with E-state index in [1.54, 1.807) is 24.3 Å². The minimum atomic E-state index is -0.178. The summed E-state index contributed by atoms with van der Waals surface area (Å²) < 4.78 is 12.6. The normalized spacial score (nSPS) is 10.6. The molecule has 0 spiro atoms. The van der Waals surface area contributed by atoms with E-state index in [1.807, 2.05) is 61.5 Å². The molecule has 1 amide bonds. The second kappa shape index (κ2) is 10.6. The Morgan fingerprint density at radius 1 is 0.939 bits per heavy atom. The largest absolute Gasteiger partial charge is 0.494 e. The lowest BCUT2D eigenvalue weighted by atomic mass is 10.2. The van der Waals surface area contributed by atoms with Crippen LogP contribution in [0.3, 0.4) is 0 Å². The fraction of sp³-hybridized carbons (Fsp3) is 0.125. The maximum Gasteiger partial charge on any atom is 0.234 e. The molecule has 3 N–H and O–H groups in total. The van der Waals surface area contributed by atoms with Gasteiger partial charge in [-0.05, 0) is 67.6 Å². The van der Waals surface area contributed by atoms with Crippen LogP contribution in [0, 0.1) is 0 Å². The Bertz CT molecular complexity index is 1200. The number of aromatic nitrogens is 3. The molecule has 0 aliphatic carbocycles. The van der Waals surface area contributed by atoms with Crippen molar-refractivity contribution in [1.29, 1.82) is 0 Å². The molecule has 0 radical (unpaired) electrons. The van der Waals surface area contributed by atoms with Gasteiger partial charge in [0.15, 0.2) is 5.82 Å². The van der Waals surface area contributed by atoms with Gasteiger partial charge in [-0.15, -0.1) is 10.2 Å². The zero-order valence-corrected chi connectivity index (χ0v) is 18.8. The minimum absolute atomic E-state index is 0.140. The first kappa shape index (κ1) is 22.2. The third-order valence-corrected chi connectivity index (χ3v) is 5.48. The van der Waals surface area contributed by atoms with Crippen LogP contribution in [0.4, 0.5) is 5.69 Å². The number of nitrogens with zero attached hydrogens (tertiary/aromatic N) is 3. The van der Waals surface area contributed by atoms with E-state index < -0.39 is 0 Å². The van der Waals surface area contributed by atoms with Crippen LogP contribution in [-0.2, 0) is 4.79 Å². The van der Waals surface area contributed by atoms with Gasteiger partial charge < -0.3 is 20.6 Å². The molecule has 4 rings (SSSR count). The summed E-state index contributed by atoms with van der Waals surface area (Å²) in [6.45, 7) is 2.53. The number of rotatable bonds is 9. The number of thioether (sulfide) groups is 1. The van der Waals surface area contributed by atoms with Gasteiger partial charge in [0.25, 0.3) is 0 Å². The SMILES string of the molecule is CCOc1ccc(-c2nnc(SCC(=O)Nc3ccc(Oc4ccccc4)cc3)n2N)cc1. The molecule has 168 valence electrons. The number of nitrogen functional groups attached to an aromatic ring is 1. The Labute approximate surface area is 195 Å². The van der Waals surface area contributed by atoms with E-state index in [0.29, 0.717) is 29.0 Å². The van der Waals surface area contributed by atoms with Gasteiger partial charge >= 0.3 is 0 Å². The highest BCUT2D eigenvalue weighted by Gasteiger charge is 2.14. The molecule has 3 aromatic carbocycles. The van der Waals surface area contributed by atoms with Crippen LogP contribution in [0.15, 0.2) is 84.0 Å². The molecular formula is C24H23N5O3S. The fourth-order valence-electron chi connectivity index (χ4n) is 3.00. The Kier molecular flexibility index (Phi) is 7.11. The van der Waals surface area contributed by atoms with Gasteiger partial charge in [-0.3, -0.25) is 4.79 Å². The number of hydrogen-bond acceptors (Lipinski definition) is 7. The molecule has 0 fully saturated rings. The van der Waals surface area contributed by atoms with E-state index in [1.165, 1.54) is 16.4 Å². The van der Waals surface area contributed by atoms with Gasteiger partial charge in [-0.2, -0.15) is 0 Å². The molecule has 33 heavy (non-hydrogen) atoms. The topological polar surface area (TPSA) is 104 Å². The van der Waals surface area contributed by atoms with Gasteiger partial charge in [0.05, 0.1) is 12.4 Å². The summed E-state index contributed by atoms with van der Waals surface area (Å²) in [5.74, 6) is 8.83. The number of amides is 1. The highest BCUT2D eigenvalue weighted by atomic mass is 32.2. The highest BCUT2D eigenvalue weighted by molar-refractivity contribution is 7.99. The summed E-state index contributed by atoms with van der Waals surface area (Å²) >= 11 is 1.21. The molecule has 4 aromatic rings. The van der Waals surface area contributed by atoms with Gasteiger partial charge in [-0.1, -0.05) is 30.0 Å². The molecule has 0 saturated carbocycles. The lowest BCUT2D eigenvalue weighted by Crippen LogP contribution is -2.16.